The minimum Gasteiger partial charge on any atom is -0.308 e. The van der Waals surface area contributed by atoms with Crippen molar-refractivity contribution >= 4 is 22.0 Å². The molecule has 1 unspecified atom stereocenters. The maximum absolute atomic E-state index is 13.9. The quantitative estimate of drug-likeness (QED) is 0.189. The molecule has 4 atom stereocenters. The van der Waals surface area contributed by atoms with Crippen LogP contribution >= 0.6 is 0 Å². The van der Waals surface area contributed by atoms with Crippen molar-refractivity contribution in [2.45, 2.75) is 38.8 Å². The van der Waals surface area contributed by atoms with Gasteiger partial charge in [-0.3, -0.25) is 9.50 Å². The van der Waals surface area contributed by atoms with Gasteiger partial charge in [0.25, 0.3) is 10.1 Å². The zero-order valence-corrected chi connectivity index (χ0v) is 20.3. The van der Waals surface area contributed by atoms with Gasteiger partial charge >= 0.3 is 6.18 Å². The molecule has 1 fully saturated rings. The van der Waals surface area contributed by atoms with Crippen LogP contribution in [0.15, 0.2) is 58.8 Å². The summed E-state index contributed by atoms with van der Waals surface area (Å²) in [6, 6.07) is 6.04. The molecular weight excluding hydrogens is 484 g/mol. The van der Waals surface area contributed by atoms with Gasteiger partial charge < -0.3 is 5.41 Å². The van der Waals surface area contributed by atoms with Gasteiger partial charge in [0.2, 0.25) is 0 Å². The Morgan fingerprint density at radius 1 is 1.26 bits per heavy atom. The smallest absolute Gasteiger partial charge is 0.308 e. The monoisotopic (exact) mass is 513 g/mol. The van der Waals surface area contributed by atoms with Crippen molar-refractivity contribution in [3.05, 3.63) is 64.7 Å². The normalized spacial score (nSPS) is 29.1. The van der Waals surface area contributed by atoms with Gasteiger partial charge in [-0.05, 0) is 49.8 Å². The maximum atomic E-state index is 13.9. The second-order valence-corrected chi connectivity index (χ2v) is 11.5. The molecule has 10 heteroatoms. The van der Waals surface area contributed by atoms with Gasteiger partial charge in [-0.25, -0.2) is 4.39 Å². The summed E-state index contributed by atoms with van der Waals surface area (Å²) in [6.07, 6.45) is 2.58. The van der Waals surface area contributed by atoms with Crippen LogP contribution in [0.3, 0.4) is 0 Å². The van der Waals surface area contributed by atoms with Crippen LogP contribution in [0.2, 0.25) is 0 Å². The molecule has 0 spiro atoms. The van der Waals surface area contributed by atoms with Gasteiger partial charge in [0, 0.05) is 35.3 Å². The van der Waals surface area contributed by atoms with E-state index < -0.39 is 46.1 Å². The molecule has 4 rings (SSSR count). The number of allylic oxidation sites excluding steroid dienone is 5. The fraction of sp³-hybridized carbons (Fsp3) is 0.480. The maximum Gasteiger partial charge on any atom is 0.392 e. The van der Waals surface area contributed by atoms with Gasteiger partial charge in [-0.2, -0.15) is 21.6 Å². The first kappa shape index (κ1) is 25.8. The Bertz CT molecular complexity index is 1200. The Morgan fingerprint density at radius 2 is 1.94 bits per heavy atom. The van der Waals surface area contributed by atoms with Gasteiger partial charge in [0.15, 0.2) is 0 Å². The number of alkyl halides is 3. The van der Waals surface area contributed by atoms with Crippen molar-refractivity contribution in [2.75, 3.05) is 12.9 Å². The second-order valence-electron chi connectivity index (χ2n) is 9.84. The average Bonchev–Trinajstić information content (AvgIpc) is 2.77. The summed E-state index contributed by atoms with van der Waals surface area (Å²) in [4.78, 5) is 0. The number of rotatable bonds is 6. The van der Waals surface area contributed by atoms with E-state index >= 15 is 0 Å². The molecule has 190 valence electrons. The van der Waals surface area contributed by atoms with E-state index in [0.29, 0.717) is 19.3 Å². The zero-order chi connectivity index (χ0) is 25.6. The molecule has 1 aromatic carbocycles. The van der Waals surface area contributed by atoms with E-state index in [0.717, 1.165) is 34.4 Å². The number of benzene rings is 1. The van der Waals surface area contributed by atoms with E-state index in [4.69, 9.17) is 9.59 Å². The Hall–Kier alpha value is -2.30. The topological polar surface area (TPSA) is 83.8 Å². The van der Waals surface area contributed by atoms with Crippen LogP contribution < -0.4 is 5.32 Å². The Labute approximate surface area is 202 Å². The molecule has 1 saturated carbocycles. The average molecular weight is 514 g/mol. The van der Waals surface area contributed by atoms with Crippen molar-refractivity contribution in [1.29, 1.82) is 5.41 Å². The van der Waals surface area contributed by atoms with Crippen molar-refractivity contribution in [1.82, 2.24) is 0 Å². The molecular formula is C25H29F4N2O3S+. The summed E-state index contributed by atoms with van der Waals surface area (Å²) in [5.41, 5.74) is 3.75. The predicted octanol–water partition coefficient (Wildman–Crippen LogP) is 4.77. The Morgan fingerprint density at radius 3 is 2.54 bits per heavy atom. The predicted molar refractivity (Wildman–Crippen MR) is 124 cm³/mol. The van der Waals surface area contributed by atoms with E-state index in [9.17, 15) is 26.0 Å². The highest BCUT2D eigenvalue weighted by Crippen LogP contribution is 2.59. The minimum atomic E-state index is -4.46. The van der Waals surface area contributed by atoms with Crippen LogP contribution in [0, 0.1) is 34.4 Å². The molecule has 1 aromatic rings. The molecule has 0 aliphatic heterocycles. The molecule has 0 amide bonds. The highest BCUT2D eigenvalue weighted by atomic mass is 32.2. The van der Waals surface area contributed by atoms with E-state index in [2.05, 4.69) is 0 Å². The lowest BCUT2D eigenvalue weighted by atomic mass is 9.54. The summed E-state index contributed by atoms with van der Waals surface area (Å²) in [6.45, 7) is 1.49. The van der Waals surface area contributed by atoms with Gasteiger partial charge in [0.05, 0.1) is 18.8 Å². The highest BCUT2D eigenvalue weighted by Gasteiger charge is 2.54. The van der Waals surface area contributed by atoms with E-state index in [1.54, 1.807) is 18.2 Å². The van der Waals surface area contributed by atoms with Crippen molar-refractivity contribution in [3.8, 4) is 0 Å². The van der Waals surface area contributed by atoms with Crippen LogP contribution in [0.4, 0.5) is 23.2 Å². The van der Waals surface area contributed by atoms with E-state index in [-0.39, 0.29) is 12.2 Å². The molecule has 0 saturated heterocycles. The first-order chi connectivity index (χ1) is 16.3. The number of nitrogens with two attached hydrogens (primary N) is 1. The second kappa shape index (κ2) is 9.29. The summed E-state index contributed by atoms with van der Waals surface area (Å²) >= 11 is 0. The van der Waals surface area contributed by atoms with Crippen LogP contribution in [-0.4, -0.2) is 33.7 Å². The van der Waals surface area contributed by atoms with Crippen LogP contribution in [0.1, 0.15) is 32.6 Å². The zero-order valence-electron chi connectivity index (χ0n) is 19.5. The van der Waals surface area contributed by atoms with Crippen molar-refractivity contribution in [3.63, 3.8) is 0 Å². The third kappa shape index (κ3) is 5.29. The molecule has 5 nitrogen and oxygen atoms in total. The largest absolute Gasteiger partial charge is 0.392 e. The Kier molecular flexibility index (Phi) is 6.85. The van der Waals surface area contributed by atoms with Gasteiger partial charge in [0.1, 0.15) is 17.2 Å². The van der Waals surface area contributed by atoms with Gasteiger partial charge in [-0.1, -0.05) is 24.1 Å². The molecule has 35 heavy (non-hydrogen) atoms. The van der Waals surface area contributed by atoms with E-state index in [1.807, 2.05) is 18.3 Å². The third-order valence-corrected chi connectivity index (χ3v) is 8.17. The molecule has 0 radical (unpaired) electrons. The van der Waals surface area contributed by atoms with Gasteiger partial charge in [-0.15, -0.1) is 0 Å². The van der Waals surface area contributed by atoms with Crippen molar-refractivity contribution < 1.29 is 35.5 Å². The summed E-state index contributed by atoms with van der Waals surface area (Å²) in [7, 11) is -3.88. The molecule has 3 N–H and O–H groups in total. The molecule has 3 aliphatic rings. The number of quaternary nitrogens is 1. The van der Waals surface area contributed by atoms with Crippen LogP contribution in [0.5, 0.6) is 0 Å². The lowest BCUT2D eigenvalue weighted by Gasteiger charge is -2.51. The number of halogens is 4. The third-order valence-electron chi connectivity index (χ3n) is 7.60. The standard InChI is InChI=1S/C25H28F4N2O3S/c1-24-12-15(13-30)23(31-18-6-4-17(26)5-7-18)11-16(24)3-8-19-20(14-34-35(2,32)33)22(25(27,28)29)10-9-21(19)24/h4-7,9,11,13,19-20,22,30-31H,3,8,10,12,14H2,1-2H3/p+1/t19?,20-,22-,24+/m1/s1. The number of hydrogen-bond donors (Lipinski definition) is 2. The number of hydrogen-bond acceptors (Lipinski definition) is 4. The lowest BCUT2D eigenvalue weighted by Crippen LogP contribution is -2.76. The molecule has 0 aromatic heterocycles. The molecule has 0 bridgehead atoms. The first-order valence-corrected chi connectivity index (χ1v) is 13.3. The fourth-order valence-corrected chi connectivity index (χ4v) is 6.30. The number of nitrogens with one attached hydrogen (secondary N) is 1. The number of fused-ring (bicyclic) bond motifs is 3. The van der Waals surface area contributed by atoms with E-state index in [1.165, 1.54) is 18.3 Å². The first-order valence-electron chi connectivity index (χ1n) is 11.5. The Balaban J connectivity index is 1.67. The summed E-state index contributed by atoms with van der Waals surface area (Å²) in [5, 5.41) is 9.88. The highest BCUT2D eigenvalue weighted by molar-refractivity contribution is 7.85. The van der Waals surface area contributed by atoms with Crippen LogP contribution in [-0.2, 0) is 14.3 Å². The SMILES string of the molecule is C[C@]12CC(C=N)=C([NH2+]c3ccc(F)cc3)C=C1CCC1C2=CC[C@@H](C(F)(F)F)[C@@H]1COS(C)(=O)=O. The summed E-state index contributed by atoms with van der Waals surface area (Å²) in [5.74, 6) is -3.47. The molecule has 3 aliphatic carbocycles. The van der Waals surface area contributed by atoms with Crippen molar-refractivity contribution in [2.24, 2.45) is 23.2 Å². The molecule has 0 heterocycles. The fourth-order valence-electron chi connectivity index (χ4n) is 5.90. The van der Waals surface area contributed by atoms with Crippen LogP contribution in [0.25, 0.3) is 0 Å². The lowest BCUT2D eigenvalue weighted by molar-refractivity contribution is -0.513. The minimum absolute atomic E-state index is 0.228. The summed E-state index contributed by atoms with van der Waals surface area (Å²) < 4.78 is 83.0.